The highest BCUT2D eigenvalue weighted by Crippen LogP contribution is 2.22. The van der Waals surface area contributed by atoms with Gasteiger partial charge in [-0.15, -0.1) is 10.2 Å². The largest absolute Gasteiger partial charge is 0.484 e. The Labute approximate surface area is 192 Å². The van der Waals surface area contributed by atoms with Crippen molar-refractivity contribution in [3.63, 3.8) is 0 Å². The predicted molar refractivity (Wildman–Crippen MR) is 124 cm³/mol. The topological polar surface area (TPSA) is 94.3 Å². The van der Waals surface area contributed by atoms with Gasteiger partial charge in [-0.1, -0.05) is 37.7 Å². The minimum Gasteiger partial charge on any atom is -0.484 e. The molecule has 0 aliphatic heterocycles. The molecule has 2 aromatic carbocycles. The van der Waals surface area contributed by atoms with E-state index >= 15 is 0 Å². The van der Waals surface area contributed by atoms with E-state index in [1.165, 1.54) is 11.8 Å². The summed E-state index contributed by atoms with van der Waals surface area (Å²) in [4.78, 5) is 24.3. The highest BCUT2D eigenvalue weighted by Gasteiger charge is 2.13. The number of ether oxygens (including phenoxy) is 1. The van der Waals surface area contributed by atoms with Crippen molar-refractivity contribution in [1.82, 2.24) is 10.2 Å². The number of benzene rings is 2. The number of carbonyl (C=O) groups excluding carboxylic acids is 2. The van der Waals surface area contributed by atoms with Gasteiger partial charge in [-0.3, -0.25) is 9.59 Å². The Bertz CT molecular complexity index is 1080. The number of nitrogens with one attached hydrogen (secondary N) is 1. The summed E-state index contributed by atoms with van der Waals surface area (Å²) in [5.74, 6) is 1.47. The first-order valence-electron chi connectivity index (χ1n) is 10.4. The molecule has 7 nitrogen and oxygen atoms in total. The van der Waals surface area contributed by atoms with Crippen LogP contribution in [0, 0.1) is 19.8 Å². The maximum atomic E-state index is 12.5. The van der Waals surface area contributed by atoms with Crippen molar-refractivity contribution in [2.75, 3.05) is 11.1 Å². The lowest BCUT2D eigenvalue weighted by molar-refractivity contribution is -0.116. The normalized spacial score (nSPS) is 10.9. The second-order valence-corrected chi connectivity index (χ2v) is 8.88. The Hall–Kier alpha value is -3.13. The SMILES string of the molecule is Cc1ccc(C)c(OCc2nnc(SCC(=O)c3ccc(NC(=O)CC(C)C)cc3)o2)c1. The molecule has 168 valence electrons. The van der Waals surface area contributed by atoms with Crippen LogP contribution in [0.5, 0.6) is 5.75 Å². The highest BCUT2D eigenvalue weighted by molar-refractivity contribution is 7.99. The number of ketones is 1. The molecule has 0 bridgehead atoms. The smallest absolute Gasteiger partial charge is 0.277 e. The summed E-state index contributed by atoms with van der Waals surface area (Å²) in [6.45, 7) is 8.12. The van der Waals surface area contributed by atoms with Crippen LogP contribution in [0.2, 0.25) is 0 Å². The quantitative estimate of drug-likeness (QED) is 0.332. The Balaban J connectivity index is 1.48. The average molecular weight is 454 g/mol. The Morgan fingerprint density at radius 3 is 2.56 bits per heavy atom. The second-order valence-electron chi connectivity index (χ2n) is 7.95. The zero-order chi connectivity index (χ0) is 23.1. The van der Waals surface area contributed by atoms with E-state index in [4.69, 9.17) is 9.15 Å². The fraction of sp³-hybridized carbons (Fsp3) is 0.333. The first kappa shape index (κ1) is 23.5. The molecule has 3 rings (SSSR count). The van der Waals surface area contributed by atoms with E-state index in [-0.39, 0.29) is 30.0 Å². The van der Waals surface area contributed by atoms with Gasteiger partial charge in [-0.25, -0.2) is 0 Å². The van der Waals surface area contributed by atoms with Gasteiger partial charge in [0.2, 0.25) is 5.91 Å². The van der Waals surface area contributed by atoms with Crippen molar-refractivity contribution < 1.29 is 18.7 Å². The Morgan fingerprint density at radius 1 is 1.09 bits per heavy atom. The third-order valence-corrected chi connectivity index (χ3v) is 5.37. The molecule has 0 saturated carbocycles. The number of hydrogen-bond donors (Lipinski definition) is 1. The van der Waals surface area contributed by atoms with Gasteiger partial charge in [0.1, 0.15) is 5.75 Å². The standard InChI is InChI=1S/C24H27N3O4S/c1-15(2)11-22(29)25-19-9-7-18(8-10-19)20(28)14-32-24-27-26-23(31-24)13-30-21-12-16(3)5-6-17(21)4/h5-10,12,15H,11,13-14H2,1-4H3,(H,25,29). The van der Waals surface area contributed by atoms with Gasteiger partial charge in [-0.05, 0) is 61.2 Å². The first-order chi connectivity index (χ1) is 15.3. The average Bonchev–Trinajstić information content (AvgIpc) is 3.20. The van der Waals surface area contributed by atoms with Crippen LogP contribution in [-0.4, -0.2) is 27.6 Å². The van der Waals surface area contributed by atoms with Crippen molar-refractivity contribution in [3.05, 3.63) is 65.0 Å². The molecule has 3 aromatic rings. The predicted octanol–water partition coefficient (Wildman–Crippen LogP) is 5.23. The first-order valence-corrected chi connectivity index (χ1v) is 11.4. The van der Waals surface area contributed by atoms with Gasteiger partial charge >= 0.3 is 0 Å². The lowest BCUT2D eigenvalue weighted by Gasteiger charge is -2.08. The van der Waals surface area contributed by atoms with Crippen molar-refractivity contribution >= 4 is 29.1 Å². The highest BCUT2D eigenvalue weighted by atomic mass is 32.2. The molecule has 1 amide bonds. The minimum atomic E-state index is -0.0681. The van der Waals surface area contributed by atoms with Gasteiger partial charge in [0.05, 0.1) is 5.75 Å². The van der Waals surface area contributed by atoms with E-state index in [1.807, 2.05) is 45.9 Å². The molecular formula is C24H27N3O4S. The van der Waals surface area contributed by atoms with Crippen molar-refractivity contribution in [2.24, 2.45) is 5.92 Å². The van der Waals surface area contributed by atoms with Crippen molar-refractivity contribution in [1.29, 1.82) is 0 Å². The number of anilines is 1. The molecule has 0 spiro atoms. The zero-order valence-electron chi connectivity index (χ0n) is 18.7. The van der Waals surface area contributed by atoms with E-state index in [9.17, 15) is 9.59 Å². The monoisotopic (exact) mass is 453 g/mol. The summed E-state index contributed by atoms with van der Waals surface area (Å²) in [6.07, 6.45) is 0.457. The molecule has 0 fully saturated rings. The summed E-state index contributed by atoms with van der Waals surface area (Å²) in [5, 5.41) is 11.1. The van der Waals surface area contributed by atoms with E-state index in [1.54, 1.807) is 24.3 Å². The second kappa shape index (κ2) is 10.9. The number of carbonyl (C=O) groups is 2. The molecule has 32 heavy (non-hydrogen) atoms. The Kier molecular flexibility index (Phi) is 8.05. The van der Waals surface area contributed by atoms with Crippen LogP contribution < -0.4 is 10.1 Å². The van der Waals surface area contributed by atoms with Crippen LogP contribution in [-0.2, 0) is 11.4 Å². The van der Waals surface area contributed by atoms with E-state index in [0.29, 0.717) is 28.8 Å². The molecule has 0 aliphatic carbocycles. The number of rotatable bonds is 10. The lowest BCUT2D eigenvalue weighted by atomic mass is 10.1. The number of aryl methyl sites for hydroxylation is 2. The zero-order valence-corrected chi connectivity index (χ0v) is 19.5. The molecule has 0 saturated heterocycles. The van der Waals surface area contributed by atoms with Gasteiger partial charge in [0, 0.05) is 17.7 Å². The molecule has 1 N–H and O–H groups in total. The number of Topliss-reactive ketones (excluding diaryl/α,β-unsaturated/α-hetero) is 1. The van der Waals surface area contributed by atoms with E-state index in [2.05, 4.69) is 15.5 Å². The van der Waals surface area contributed by atoms with Gasteiger partial charge in [0.15, 0.2) is 12.4 Å². The van der Waals surface area contributed by atoms with Crippen LogP contribution in [0.25, 0.3) is 0 Å². The molecule has 0 atom stereocenters. The minimum absolute atomic E-state index is 0.0385. The van der Waals surface area contributed by atoms with Crippen LogP contribution in [0.15, 0.2) is 52.1 Å². The van der Waals surface area contributed by atoms with Crippen LogP contribution >= 0.6 is 11.8 Å². The maximum absolute atomic E-state index is 12.5. The molecular weight excluding hydrogens is 426 g/mol. The molecule has 0 radical (unpaired) electrons. The van der Waals surface area contributed by atoms with Crippen LogP contribution in [0.4, 0.5) is 5.69 Å². The molecule has 1 heterocycles. The van der Waals surface area contributed by atoms with Crippen LogP contribution in [0.3, 0.4) is 0 Å². The molecule has 0 unspecified atom stereocenters. The summed E-state index contributed by atoms with van der Waals surface area (Å²) < 4.78 is 11.3. The molecule has 1 aromatic heterocycles. The van der Waals surface area contributed by atoms with E-state index < -0.39 is 0 Å². The summed E-state index contributed by atoms with van der Waals surface area (Å²) >= 11 is 1.18. The maximum Gasteiger partial charge on any atom is 0.277 e. The number of amides is 1. The fourth-order valence-electron chi connectivity index (χ4n) is 2.89. The van der Waals surface area contributed by atoms with Crippen molar-refractivity contribution in [2.45, 2.75) is 45.9 Å². The fourth-order valence-corrected chi connectivity index (χ4v) is 3.56. The third-order valence-electron chi connectivity index (χ3n) is 4.55. The summed E-state index contributed by atoms with van der Waals surface area (Å²) in [6, 6.07) is 12.8. The van der Waals surface area contributed by atoms with Gasteiger partial charge in [0.25, 0.3) is 11.1 Å². The van der Waals surface area contributed by atoms with Crippen molar-refractivity contribution in [3.8, 4) is 5.75 Å². The third kappa shape index (κ3) is 6.95. The van der Waals surface area contributed by atoms with Crippen LogP contribution in [0.1, 0.15) is 47.6 Å². The molecule has 8 heteroatoms. The number of hydrogen-bond acceptors (Lipinski definition) is 7. The van der Waals surface area contributed by atoms with E-state index in [0.717, 1.165) is 16.9 Å². The molecule has 0 aliphatic rings. The van der Waals surface area contributed by atoms with Gasteiger partial charge in [-0.2, -0.15) is 0 Å². The number of nitrogens with zero attached hydrogens (tertiary/aromatic N) is 2. The number of thioether (sulfide) groups is 1. The summed E-state index contributed by atoms with van der Waals surface area (Å²) in [5.41, 5.74) is 3.36. The Morgan fingerprint density at radius 2 is 1.84 bits per heavy atom. The van der Waals surface area contributed by atoms with Gasteiger partial charge < -0.3 is 14.5 Å². The lowest BCUT2D eigenvalue weighted by Crippen LogP contribution is -2.14. The summed E-state index contributed by atoms with van der Waals surface area (Å²) in [7, 11) is 0. The number of aromatic nitrogens is 2.